The van der Waals surface area contributed by atoms with Crippen LogP contribution in [0.5, 0.6) is 0 Å². The molecule has 1 atom stereocenters. The first-order chi connectivity index (χ1) is 13.5. The topological polar surface area (TPSA) is 139 Å². The number of amides is 2. The summed E-state index contributed by atoms with van der Waals surface area (Å²) in [4.78, 5) is 42.9. The monoisotopic (exact) mass is 403 g/mol. The van der Waals surface area contributed by atoms with Gasteiger partial charge in [-0.2, -0.15) is 0 Å². The van der Waals surface area contributed by atoms with Crippen molar-refractivity contribution in [1.29, 1.82) is 0 Å². The van der Waals surface area contributed by atoms with E-state index in [9.17, 15) is 14.4 Å². The quantitative estimate of drug-likeness (QED) is 0.399. The molecule has 0 bridgehead atoms. The van der Waals surface area contributed by atoms with Gasteiger partial charge in [-0.15, -0.1) is 0 Å². The maximum Gasteiger partial charge on any atom is 0.277 e. The minimum Gasteiger partial charge on any atom is -0.382 e. The Morgan fingerprint density at radius 2 is 2.11 bits per heavy atom. The van der Waals surface area contributed by atoms with Crippen molar-refractivity contribution in [3.8, 4) is 0 Å². The summed E-state index contributed by atoms with van der Waals surface area (Å²) in [5.41, 5.74) is 5.50. The van der Waals surface area contributed by atoms with Gasteiger partial charge in [-0.1, -0.05) is 30.0 Å². The molecule has 1 fully saturated rings. The number of ether oxygens (including phenoxy) is 1. The normalized spacial score (nSPS) is 15.9. The molecule has 0 spiro atoms. The zero-order valence-electron chi connectivity index (χ0n) is 15.1. The summed E-state index contributed by atoms with van der Waals surface area (Å²) in [6, 6.07) is 8.44. The van der Waals surface area contributed by atoms with Crippen molar-refractivity contribution in [2.24, 2.45) is 0 Å². The number of aromatic nitrogens is 2. The molecule has 0 saturated carbocycles. The predicted octanol–water partition coefficient (Wildman–Crippen LogP) is 0.992. The number of hydrogen-bond acceptors (Lipinski definition) is 7. The molecule has 1 aliphatic rings. The number of hydrogen-bond donors (Lipinski definition) is 4. The van der Waals surface area contributed by atoms with E-state index >= 15 is 0 Å². The van der Waals surface area contributed by atoms with Crippen molar-refractivity contribution >= 4 is 35.1 Å². The SMILES string of the molecule is Nc1nc(SCC(=O)NCC2CCCO2)[nH]c(=O)c1NC(=O)c1ccccc1. The van der Waals surface area contributed by atoms with E-state index in [1.807, 2.05) is 0 Å². The molecule has 1 saturated heterocycles. The Morgan fingerprint density at radius 3 is 2.79 bits per heavy atom. The maximum absolute atomic E-state index is 12.3. The minimum absolute atomic E-state index is 0.0648. The zero-order chi connectivity index (χ0) is 19.9. The molecule has 3 rings (SSSR count). The number of nitrogens with one attached hydrogen (secondary N) is 3. The van der Waals surface area contributed by atoms with Crippen LogP contribution in [0, 0.1) is 0 Å². The molecule has 1 aliphatic heterocycles. The highest BCUT2D eigenvalue weighted by atomic mass is 32.2. The number of carbonyl (C=O) groups excluding carboxylic acids is 2. The number of nitrogen functional groups attached to an aromatic ring is 1. The number of thioether (sulfide) groups is 1. The van der Waals surface area contributed by atoms with E-state index in [-0.39, 0.29) is 34.4 Å². The lowest BCUT2D eigenvalue weighted by Crippen LogP contribution is -2.33. The molecule has 10 heteroatoms. The van der Waals surface area contributed by atoms with Gasteiger partial charge >= 0.3 is 0 Å². The molecule has 2 aromatic rings. The molecule has 9 nitrogen and oxygen atoms in total. The van der Waals surface area contributed by atoms with Crippen molar-refractivity contribution in [3.63, 3.8) is 0 Å². The van der Waals surface area contributed by atoms with Gasteiger partial charge in [0.05, 0.1) is 11.9 Å². The van der Waals surface area contributed by atoms with Gasteiger partial charge in [-0.25, -0.2) is 4.98 Å². The highest BCUT2D eigenvalue weighted by molar-refractivity contribution is 7.99. The van der Waals surface area contributed by atoms with E-state index in [1.54, 1.807) is 30.3 Å². The highest BCUT2D eigenvalue weighted by Gasteiger charge is 2.17. The molecule has 5 N–H and O–H groups in total. The first kappa shape index (κ1) is 19.9. The minimum atomic E-state index is -0.584. The number of nitrogens with two attached hydrogens (primary N) is 1. The molecule has 1 unspecified atom stereocenters. The Morgan fingerprint density at radius 1 is 1.32 bits per heavy atom. The second kappa shape index (κ2) is 9.38. The van der Waals surface area contributed by atoms with E-state index < -0.39 is 11.5 Å². The Hall–Kier alpha value is -2.85. The molecular weight excluding hydrogens is 382 g/mol. The van der Waals surface area contributed by atoms with Crippen LogP contribution in [0.3, 0.4) is 0 Å². The van der Waals surface area contributed by atoms with E-state index in [1.165, 1.54) is 0 Å². The first-order valence-electron chi connectivity index (χ1n) is 8.80. The number of nitrogens with zero attached hydrogens (tertiary/aromatic N) is 1. The molecule has 1 aromatic carbocycles. The van der Waals surface area contributed by atoms with Crippen LogP contribution in [-0.4, -0.2) is 46.8 Å². The average Bonchev–Trinajstić information content (AvgIpc) is 3.21. The molecule has 0 aliphatic carbocycles. The summed E-state index contributed by atoms with van der Waals surface area (Å²) in [5.74, 6) is -0.697. The summed E-state index contributed by atoms with van der Waals surface area (Å²) in [6.07, 6.45) is 2.01. The van der Waals surface area contributed by atoms with Crippen LogP contribution < -0.4 is 21.9 Å². The Balaban J connectivity index is 1.56. The third-order valence-corrected chi connectivity index (χ3v) is 4.96. The Bertz CT molecular complexity index is 897. The summed E-state index contributed by atoms with van der Waals surface area (Å²) in [7, 11) is 0. The maximum atomic E-state index is 12.3. The Labute approximate surface area is 165 Å². The first-order valence-corrected chi connectivity index (χ1v) is 9.79. The van der Waals surface area contributed by atoms with Gasteiger partial charge in [-0.3, -0.25) is 19.4 Å². The van der Waals surface area contributed by atoms with Gasteiger partial charge in [-0.05, 0) is 25.0 Å². The van der Waals surface area contributed by atoms with Gasteiger partial charge < -0.3 is 21.1 Å². The average molecular weight is 403 g/mol. The van der Waals surface area contributed by atoms with Gasteiger partial charge in [0.2, 0.25) is 5.91 Å². The van der Waals surface area contributed by atoms with Crippen LogP contribution in [0.25, 0.3) is 0 Å². The van der Waals surface area contributed by atoms with Gasteiger partial charge in [0, 0.05) is 18.7 Å². The Kier molecular flexibility index (Phi) is 6.66. The molecule has 2 amide bonds. The third-order valence-electron chi connectivity index (χ3n) is 4.09. The summed E-state index contributed by atoms with van der Waals surface area (Å²) in [5, 5.41) is 5.45. The summed E-state index contributed by atoms with van der Waals surface area (Å²) in [6.45, 7) is 1.20. The standard InChI is InChI=1S/C18H21N5O4S/c19-15-14(21-16(25)11-5-2-1-3-6-11)17(26)23-18(22-15)28-10-13(24)20-9-12-7-4-8-27-12/h1-3,5-6,12H,4,7-10H2,(H,20,24)(H,21,25)(H3,19,22,23,26). The van der Waals surface area contributed by atoms with Crippen LogP contribution in [0.4, 0.5) is 11.5 Å². The van der Waals surface area contributed by atoms with Crippen molar-refractivity contribution < 1.29 is 14.3 Å². The fourth-order valence-corrected chi connectivity index (χ4v) is 3.35. The van der Waals surface area contributed by atoms with E-state index in [2.05, 4.69) is 20.6 Å². The summed E-state index contributed by atoms with van der Waals surface area (Å²) < 4.78 is 5.44. The van der Waals surface area contributed by atoms with Gasteiger partial charge in [0.15, 0.2) is 11.0 Å². The predicted molar refractivity (Wildman–Crippen MR) is 106 cm³/mol. The molecule has 0 radical (unpaired) electrons. The van der Waals surface area contributed by atoms with E-state index in [0.29, 0.717) is 12.1 Å². The van der Waals surface area contributed by atoms with Crippen LogP contribution in [-0.2, 0) is 9.53 Å². The second-order valence-corrected chi connectivity index (χ2v) is 7.14. The van der Waals surface area contributed by atoms with Crippen LogP contribution in [0.2, 0.25) is 0 Å². The lowest BCUT2D eigenvalue weighted by Gasteiger charge is -2.11. The van der Waals surface area contributed by atoms with Crippen molar-refractivity contribution in [1.82, 2.24) is 15.3 Å². The van der Waals surface area contributed by atoms with Crippen molar-refractivity contribution in [3.05, 3.63) is 46.2 Å². The number of H-pyrrole nitrogens is 1. The molecular formula is C18H21N5O4S. The zero-order valence-corrected chi connectivity index (χ0v) is 15.9. The number of anilines is 2. The fourth-order valence-electron chi connectivity index (χ4n) is 2.65. The fraction of sp³-hybridized carbons (Fsp3) is 0.333. The second-order valence-electron chi connectivity index (χ2n) is 6.18. The number of carbonyl (C=O) groups is 2. The molecule has 2 heterocycles. The van der Waals surface area contributed by atoms with Crippen LogP contribution in [0.1, 0.15) is 23.2 Å². The number of rotatable bonds is 7. The largest absolute Gasteiger partial charge is 0.382 e. The van der Waals surface area contributed by atoms with E-state index in [0.717, 1.165) is 31.2 Å². The van der Waals surface area contributed by atoms with E-state index in [4.69, 9.17) is 10.5 Å². The highest BCUT2D eigenvalue weighted by Crippen LogP contribution is 2.17. The van der Waals surface area contributed by atoms with Crippen molar-refractivity contribution in [2.75, 3.05) is 30.0 Å². The van der Waals surface area contributed by atoms with Crippen molar-refractivity contribution in [2.45, 2.75) is 24.1 Å². The molecule has 1 aromatic heterocycles. The lowest BCUT2D eigenvalue weighted by atomic mass is 10.2. The number of benzene rings is 1. The molecule has 28 heavy (non-hydrogen) atoms. The lowest BCUT2D eigenvalue weighted by molar-refractivity contribution is -0.119. The molecule has 148 valence electrons. The smallest absolute Gasteiger partial charge is 0.277 e. The van der Waals surface area contributed by atoms with Crippen LogP contribution in [0.15, 0.2) is 40.3 Å². The van der Waals surface area contributed by atoms with Gasteiger partial charge in [0.25, 0.3) is 11.5 Å². The van der Waals surface area contributed by atoms with Gasteiger partial charge in [0.1, 0.15) is 5.69 Å². The van der Waals surface area contributed by atoms with Crippen LogP contribution >= 0.6 is 11.8 Å². The number of aromatic amines is 1. The summed E-state index contributed by atoms with van der Waals surface area (Å²) >= 11 is 1.05. The third kappa shape index (κ3) is 5.33.